The van der Waals surface area contributed by atoms with Crippen molar-refractivity contribution in [3.05, 3.63) is 0 Å². The van der Waals surface area contributed by atoms with Crippen LogP contribution in [0.5, 0.6) is 0 Å². The number of hydrogen-bond acceptors (Lipinski definition) is 3. The van der Waals surface area contributed by atoms with Gasteiger partial charge in [-0.2, -0.15) is 0 Å². The molecule has 0 aliphatic carbocycles. The van der Waals surface area contributed by atoms with E-state index in [1.165, 1.54) is 57.8 Å². The van der Waals surface area contributed by atoms with E-state index in [9.17, 15) is 10.0 Å². The molecule has 0 aromatic rings. The summed E-state index contributed by atoms with van der Waals surface area (Å²) in [4.78, 5) is 11.5. The van der Waals surface area contributed by atoms with Crippen LogP contribution in [-0.2, 0) is 4.79 Å². The normalized spacial score (nSPS) is 11.0. The molecule has 2 N–H and O–H groups in total. The van der Waals surface area contributed by atoms with Crippen molar-refractivity contribution in [3.8, 4) is 0 Å². The minimum absolute atomic E-state index is 0.0816. The van der Waals surface area contributed by atoms with Gasteiger partial charge in [-0.3, -0.25) is 15.4 Å². The van der Waals surface area contributed by atoms with Gasteiger partial charge in [0, 0.05) is 13.0 Å². The molecule has 0 unspecified atom stereocenters. The summed E-state index contributed by atoms with van der Waals surface area (Å²) in [5.41, 5.74) is 2.47. The van der Waals surface area contributed by atoms with Gasteiger partial charge in [-0.05, 0) is 12.8 Å². The Morgan fingerprint density at radius 1 is 0.810 bits per heavy atom. The Labute approximate surface area is 131 Å². The van der Waals surface area contributed by atoms with Crippen LogP contribution in [-0.4, -0.2) is 22.8 Å². The van der Waals surface area contributed by atoms with Gasteiger partial charge in [0.2, 0.25) is 5.91 Å². The molecule has 0 aliphatic heterocycles. The van der Waals surface area contributed by atoms with E-state index in [0.717, 1.165) is 24.4 Å². The van der Waals surface area contributed by atoms with Gasteiger partial charge in [0.25, 0.3) is 0 Å². The van der Waals surface area contributed by atoms with E-state index in [4.69, 9.17) is 0 Å². The molecular weight excluding hydrogens is 264 g/mol. The monoisotopic (exact) mass is 300 g/mol. The van der Waals surface area contributed by atoms with Gasteiger partial charge < -0.3 is 0 Å². The molecule has 0 spiro atoms. The van der Waals surface area contributed by atoms with Crippen LogP contribution in [0.3, 0.4) is 0 Å². The third-order valence-corrected chi connectivity index (χ3v) is 3.70. The lowest BCUT2D eigenvalue weighted by molar-refractivity contribution is -0.160. The Hall–Kier alpha value is -0.610. The summed E-state index contributed by atoms with van der Waals surface area (Å²) in [6, 6.07) is 0. The molecule has 4 nitrogen and oxygen atoms in total. The molecule has 0 saturated carbocycles. The maximum atomic E-state index is 11.5. The van der Waals surface area contributed by atoms with Crippen LogP contribution in [0.15, 0.2) is 0 Å². The molecule has 0 rings (SSSR count). The average Bonchev–Trinajstić information content (AvgIpc) is 2.45. The minimum atomic E-state index is -0.0816. The smallest absolute Gasteiger partial charge is 0.236 e. The van der Waals surface area contributed by atoms with Crippen molar-refractivity contribution in [2.24, 2.45) is 0 Å². The average molecular weight is 300 g/mol. The van der Waals surface area contributed by atoms with Crippen LogP contribution in [0.4, 0.5) is 0 Å². The predicted molar refractivity (Wildman–Crippen MR) is 88.0 cm³/mol. The Kier molecular flexibility index (Phi) is 15.3. The Morgan fingerprint density at radius 3 is 1.76 bits per heavy atom. The zero-order chi connectivity index (χ0) is 15.8. The molecule has 1 amide bonds. The first-order valence-electron chi connectivity index (χ1n) is 8.96. The summed E-state index contributed by atoms with van der Waals surface area (Å²) in [6.07, 6.45) is 15.4. The number of carbonyl (C=O) groups is 1. The van der Waals surface area contributed by atoms with Gasteiger partial charge in [-0.1, -0.05) is 78.1 Å². The van der Waals surface area contributed by atoms with E-state index in [2.05, 4.69) is 12.3 Å². The van der Waals surface area contributed by atoms with Crippen molar-refractivity contribution in [2.75, 3.05) is 6.54 Å². The van der Waals surface area contributed by atoms with Crippen molar-refractivity contribution < 1.29 is 10.0 Å². The SMILES string of the molecule is CCCCCCCCCCCCCC(=O)NN(O)CCC. The number of nitrogens with one attached hydrogen (secondary N) is 1. The summed E-state index contributed by atoms with van der Waals surface area (Å²) in [5.74, 6) is -0.0816. The lowest BCUT2D eigenvalue weighted by atomic mass is 10.1. The van der Waals surface area contributed by atoms with E-state index in [0.29, 0.717) is 13.0 Å². The lowest BCUT2D eigenvalue weighted by Gasteiger charge is -2.14. The zero-order valence-electron chi connectivity index (χ0n) is 14.2. The predicted octanol–water partition coefficient (Wildman–Crippen LogP) is 4.82. The number of carbonyl (C=O) groups excluding carboxylic acids is 1. The molecule has 0 aromatic heterocycles. The second kappa shape index (κ2) is 15.8. The van der Waals surface area contributed by atoms with Crippen LogP contribution >= 0.6 is 0 Å². The highest BCUT2D eigenvalue weighted by atomic mass is 16.5. The van der Waals surface area contributed by atoms with Crippen LogP contribution < -0.4 is 5.43 Å². The van der Waals surface area contributed by atoms with E-state index in [1.54, 1.807) is 0 Å². The Morgan fingerprint density at radius 2 is 1.29 bits per heavy atom. The Bertz CT molecular complexity index is 235. The number of hydrazine groups is 1. The summed E-state index contributed by atoms with van der Waals surface area (Å²) >= 11 is 0. The van der Waals surface area contributed by atoms with E-state index >= 15 is 0 Å². The molecule has 0 fully saturated rings. The van der Waals surface area contributed by atoms with Crippen LogP contribution in [0, 0.1) is 0 Å². The van der Waals surface area contributed by atoms with Crippen molar-refractivity contribution in [1.29, 1.82) is 0 Å². The van der Waals surface area contributed by atoms with Crippen molar-refractivity contribution in [2.45, 2.75) is 97.3 Å². The topological polar surface area (TPSA) is 52.6 Å². The number of amides is 1. The molecule has 0 aliphatic rings. The summed E-state index contributed by atoms with van der Waals surface area (Å²) in [6.45, 7) is 4.69. The second-order valence-corrected chi connectivity index (χ2v) is 5.94. The first-order valence-corrected chi connectivity index (χ1v) is 8.96. The first kappa shape index (κ1) is 20.4. The van der Waals surface area contributed by atoms with Crippen molar-refractivity contribution in [3.63, 3.8) is 0 Å². The minimum Gasteiger partial charge on any atom is -0.295 e. The molecule has 0 aromatic carbocycles. The molecule has 21 heavy (non-hydrogen) atoms. The largest absolute Gasteiger partial charge is 0.295 e. The third kappa shape index (κ3) is 15.6. The number of nitrogens with zero attached hydrogens (tertiary/aromatic N) is 1. The molecule has 4 heteroatoms. The number of hydroxylamine groups is 1. The second-order valence-electron chi connectivity index (χ2n) is 5.94. The molecule has 0 atom stereocenters. The zero-order valence-corrected chi connectivity index (χ0v) is 14.2. The Balaban J connectivity index is 3.19. The van der Waals surface area contributed by atoms with Crippen molar-refractivity contribution >= 4 is 5.91 Å². The molecule has 0 heterocycles. The molecule has 126 valence electrons. The van der Waals surface area contributed by atoms with Gasteiger partial charge in [0.1, 0.15) is 0 Å². The number of hydrogen-bond donors (Lipinski definition) is 2. The van der Waals surface area contributed by atoms with Crippen LogP contribution in [0.1, 0.15) is 97.3 Å². The first-order chi connectivity index (χ1) is 10.2. The summed E-state index contributed by atoms with van der Waals surface area (Å²) < 4.78 is 0. The van der Waals surface area contributed by atoms with E-state index in [1.807, 2.05) is 6.92 Å². The fourth-order valence-electron chi connectivity index (χ4n) is 2.42. The highest BCUT2D eigenvalue weighted by Gasteiger charge is 2.04. The standard InChI is InChI=1S/C17H36N2O2/c1-3-5-6-7-8-9-10-11-12-13-14-15-17(20)18-19(21)16-4-2/h21H,3-16H2,1-2H3,(H,18,20). The van der Waals surface area contributed by atoms with Crippen LogP contribution in [0.2, 0.25) is 0 Å². The summed E-state index contributed by atoms with van der Waals surface area (Å²) in [7, 11) is 0. The van der Waals surface area contributed by atoms with E-state index < -0.39 is 0 Å². The van der Waals surface area contributed by atoms with Gasteiger partial charge in [0.05, 0.1) is 0 Å². The molecular formula is C17H36N2O2. The fourth-order valence-corrected chi connectivity index (χ4v) is 2.42. The number of unbranched alkanes of at least 4 members (excludes halogenated alkanes) is 10. The molecule has 0 bridgehead atoms. The maximum absolute atomic E-state index is 11.5. The van der Waals surface area contributed by atoms with Gasteiger partial charge >= 0.3 is 0 Å². The maximum Gasteiger partial charge on any atom is 0.236 e. The molecule has 0 saturated heterocycles. The van der Waals surface area contributed by atoms with Crippen molar-refractivity contribution in [1.82, 2.24) is 10.6 Å². The lowest BCUT2D eigenvalue weighted by Crippen LogP contribution is -2.40. The molecule has 0 radical (unpaired) electrons. The fraction of sp³-hybridized carbons (Fsp3) is 0.941. The quantitative estimate of drug-likeness (QED) is 0.337. The highest BCUT2D eigenvalue weighted by molar-refractivity contribution is 5.75. The summed E-state index contributed by atoms with van der Waals surface area (Å²) in [5, 5.41) is 10.2. The number of rotatable bonds is 15. The van der Waals surface area contributed by atoms with Gasteiger partial charge in [-0.15, -0.1) is 5.17 Å². The van der Waals surface area contributed by atoms with E-state index in [-0.39, 0.29) is 5.91 Å². The van der Waals surface area contributed by atoms with Crippen LogP contribution in [0.25, 0.3) is 0 Å². The third-order valence-electron chi connectivity index (χ3n) is 3.70. The van der Waals surface area contributed by atoms with Gasteiger partial charge in [-0.25, -0.2) is 0 Å². The highest BCUT2D eigenvalue weighted by Crippen LogP contribution is 2.11. The van der Waals surface area contributed by atoms with Gasteiger partial charge in [0.15, 0.2) is 0 Å².